The molecule has 0 aliphatic heterocycles. The Morgan fingerprint density at radius 3 is 1.69 bits per heavy atom. The molecule has 102 valence electrons. The van der Waals surface area contributed by atoms with Crippen molar-refractivity contribution >= 4 is 17.0 Å². The minimum atomic E-state index is -1.90. The lowest BCUT2D eigenvalue weighted by molar-refractivity contribution is 0.556. The summed E-state index contributed by atoms with van der Waals surface area (Å²) in [6, 6.07) is 0. The van der Waals surface area contributed by atoms with Gasteiger partial charge in [0.25, 0.3) is 0 Å². The van der Waals surface area contributed by atoms with Gasteiger partial charge in [0, 0.05) is 17.5 Å². The fraction of sp³-hybridized carbons (Fsp3) is 1.00. The van der Waals surface area contributed by atoms with Gasteiger partial charge in [-0.2, -0.15) is 9.90 Å². The first-order valence-corrected chi connectivity index (χ1v) is 8.06. The Kier molecular flexibility index (Phi) is 14.7. The van der Waals surface area contributed by atoms with Crippen LogP contribution < -0.4 is 0 Å². The van der Waals surface area contributed by atoms with E-state index in [9.17, 15) is 4.57 Å². The number of rotatable bonds is 7. The van der Waals surface area contributed by atoms with Crippen molar-refractivity contribution in [3.05, 3.63) is 0 Å². The van der Waals surface area contributed by atoms with Crippen LogP contribution in [0.3, 0.4) is 0 Å². The van der Waals surface area contributed by atoms with Gasteiger partial charge < -0.3 is 10.0 Å². The molecule has 1 atom stereocenters. The van der Waals surface area contributed by atoms with Crippen molar-refractivity contribution in [3.63, 3.8) is 0 Å². The van der Waals surface area contributed by atoms with Crippen LogP contribution in [0.2, 0.25) is 0 Å². The zero-order valence-electron chi connectivity index (χ0n) is 11.8. The Morgan fingerprint density at radius 1 is 0.938 bits per heavy atom. The molecule has 16 heavy (non-hydrogen) atoms. The van der Waals surface area contributed by atoms with Gasteiger partial charge in [0.1, 0.15) is 0 Å². The van der Waals surface area contributed by atoms with Gasteiger partial charge in [-0.1, -0.05) is 53.9 Å². The van der Waals surface area contributed by atoms with Gasteiger partial charge in [-0.25, -0.2) is 0 Å². The fourth-order valence-corrected chi connectivity index (χ4v) is 4.84. The zero-order chi connectivity index (χ0) is 11.2. The molecule has 0 heterocycles. The average molecular weight is 270 g/mol. The van der Waals surface area contributed by atoms with Crippen LogP contribution in [0.1, 0.15) is 60.3 Å². The molecule has 0 spiro atoms. The second kappa shape index (κ2) is 10.8. The third-order valence-electron chi connectivity index (χ3n) is 3.11. The van der Waals surface area contributed by atoms with Gasteiger partial charge in [-0.15, -0.1) is 0 Å². The van der Waals surface area contributed by atoms with E-state index < -0.39 is 7.14 Å². The highest BCUT2D eigenvalue weighted by molar-refractivity contribution is 7.65. The summed E-state index contributed by atoms with van der Waals surface area (Å²) in [6.45, 7) is 10.7. The maximum atomic E-state index is 12.6. The molecule has 2 N–H and O–H groups in total. The van der Waals surface area contributed by atoms with Crippen molar-refractivity contribution in [3.8, 4) is 0 Å². The molecular weight excluding hydrogens is 238 g/mol. The highest BCUT2D eigenvalue weighted by Gasteiger charge is 2.29. The van der Waals surface area contributed by atoms with E-state index in [-0.39, 0.29) is 15.4 Å². The molecule has 0 saturated carbocycles. The molecular formula is C12H32O2P2. The lowest BCUT2D eigenvalue weighted by atomic mass is 10.2. The first-order valence-electron chi connectivity index (χ1n) is 6.03. The van der Waals surface area contributed by atoms with E-state index in [2.05, 4.69) is 34.6 Å². The van der Waals surface area contributed by atoms with Crippen LogP contribution in [0.25, 0.3) is 0 Å². The van der Waals surface area contributed by atoms with E-state index in [0.717, 1.165) is 12.6 Å². The molecule has 0 radical (unpaired) electrons. The molecule has 2 nitrogen and oxygen atoms in total. The molecule has 0 rings (SSSR count). The lowest BCUT2D eigenvalue weighted by Crippen LogP contribution is -2.11. The highest BCUT2D eigenvalue weighted by Crippen LogP contribution is 2.55. The molecule has 0 amide bonds. The predicted molar refractivity (Wildman–Crippen MR) is 81.6 cm³/mol. The van der Waals surface area contributed by atoms with Crippen molar-refractivity contribution in [2.24, 2.45) is 0 Å². The van der Waals surface area contributed by atoms with Crippen LogP contribution >= 0.6 is 17.0 Å². The smallest absolute Gasteiger partial charge is 0.0925 e. The molecule has 0 aliphatic carbocycles. The molecule has 0 aromatic rings. The van der Waals surface area contributed by atoms with Crippen LogP contribution in [0, 0.1) is 0 Å². The van der Waals surface area contributed by atoms with E-state index in [1.807, 2.05) is 0 Å². The van der Waals surface area contributed by atoms with Gasteiger partial charge in [0.05, 0.1) is 7.14 Å². The van der Waals surface area contributed by atoms with Crippen molar-refractivity contribution in [1.29, 1.82) is 0 Å². The molecule has 1 unspecified atom stereocenters. The van der Waals surface area contributed by atoms with Crippen LogP contribution in [-0.4, -0.2) is 23.0 Å². The summed E-state index contributed by atoms with van der Waals surface area (Å²) in [5.74, 6) is 0. The van der Waals surface area contributed by atoms with Gasteiger partial charge >= 0.3 is 0 Å². The maximum Gasteiger partial charge on any atom is 0.0925 e. The van der Waals surface area contributed by atoms with Crippen molar-refractivity contribution in [1.82, 2.24) is 0 Å². The van der Waals surface area contributed by atoms with Crippen molar-refractivity contribution in [2.75, 3.05) is 6.16 Å². The lowest BCUT2D eigenvalue weighted by Gasteiger charge is -2.26. The molecule has 0 saturated heterocycles. The molecule has 0 aromatic carbocycles. The van der Waals surface area contributed by atoms with Gasteiger partial charge in [0.2, 0.25) is 0 Å². The minimum Gasteiger partial charge on any atom is -0.412 e. The third-order valence-corrected chi connectivity index (χ3v) is 7.62. The Morgan fingerprint density at radius 2 is 1.38 bits per heavy atom. The van der Waals surface area contributed by atoms with E-state index in [1.54, 1.807) is 0 Å². The Labute approximate surface area is 105 Å². The second-order valence-corrected chi connectivity index (χ2v) is 9.05. The van der Waals surface area contributed by atoms with Crippen molar-refractivity contribution < 1.29 is 10.0 Å². The molecule has 0 bridgehead atoms. The van der Waals surface area contributed by atoms with Crippen molar-refractivity contribution in [2.45, 2.75) is 71.6 Å². The van der Waals surface area contributed by atoms with E-state index in [4.69, 9.17) is 0 Å². The average Bonchev–Trinajstić information content (AvgIpc) is 2.11. The quantitative estimate of drug-likeness (QED) is 0.510. The summed E-state index contributed by atoms with van der Waals surface area (Å²) in [7, 11) is -1.90. The topological polar surface area (TPSA) is 48.6 Å². The van der Waals surface area contributed by atoms with E-state index >= 15 is 0 Å². The minimum absolute atomic E-state index is 0. The Balaban J connectivity index is -0.000000845. The zero-order valence-corrected chi connectivity index (χ0v) is 14.1. The van der Waals surface area contributed by atoms with Crippen LogP contribution in [-0.2, 0) is 4.57 Å². The number of hydrogen-bond acceptors (Lipinski definition) is 1. The summed E-state index contributed by atoms with van der Waals surface area (Å²) >= 11 is 0. The van der Waals surface area contributed by atoms with Gasteiger partial charge in [0.15, 0.2) is 0 Å². The summed E-state index contributed by atoms with van der Waals surface area (Å²) in [4.78, 5) is 0. The molecule has 0 aliphatic rings. The standard InChI is InChI=1S/C12H27OP.H2O.H3P/c1-6-7-8-9-10-14(13,11(2)3)12(4)5;;/h11-12H,6-10H2,1-5H3;1H2;1H3. The number of unbranched alkanes of at least 4 members (excludes halogenated alkanes) is 3. The number of hydrogen-bond donors (Lipinski definition) is 0. The van der Waals surface area contributed by atoms with E-state index in [0.29, 0.717) is 11.3 Å². The third kappa shape index (κ3) is 7.05. The SMILES string of the molecule is CCCCCCP(=O)(C(C)C)C(C)C.O.P. The molecule has 0 fully saturated rings. The first-order chi connectivity index (χ1) is 6.45. The maximum absolute atomic E-state index is 12.6. The predicted octanol–water partition coefficient (Wildman–Crippen LogP) is 3.98. The summed E-state index contributed by atoms with van der Waals surface area (Å²) in [5.41, 5.74) is 0.730. The molecule has 4 heteroatoms. The van der Waals surface area contributed by atoms with Crippen LogP contribution in [0.5, 0.6) is 0 Å². The Hall–Kier alpha value is 0.620. The van der Waals surface area contributed by atoms with Crippen LogP contribution in [0.15, 0.2) is 0 Å². The second-order valence-electron chi connectivity index (χ2n) is 4.83. The first kappa shape index (κ1) is 21.9. The monoisotopic (exact) mass is 270 g/mol. The highest BCUT2D eigenvalue weighted by atomic mass is 31.2. The van der Waals surface area contributed by atoms with Crippen LogP contribution in [0.4, 0.5) is 0 Å². The summed E-state index contributed by atoms with van der Waals surface area (Å²) in [5, 5.41) is 0. The summed E-state index contributed by atoms with van der Waals surface area (Å²) in [6.07, 6.45) is 5.91. The normalized spacial score (nSPS) is 11.2. The van der Waals surface area contributed by atoms with E-state index in [1.165, 1.54) is 19.3 Å². The Bertz CT molecular complexity index is 179. The largest absolute Gasteiger partial charge is 0.412 e. The van der Waals surface area contributed by atoms with Gasteiger partial charge in [-0.05, 0) is 6.42 Å². The molecule has 0 aromatic heterocycles. The van der Waals surface area contributed by atoms with Gasteiger partial charge in [-0.3, -0.25) is 0 Å². The fourth-order valence-electron chi connectivity index (χ4n) is 1.90. The summed E-state index contributed by atoms with van der Waals surface area (Å²) < 4.78 is 12.6.